The summed E-state index contributed by atoms with van der Waals surface area (Å²) in [7, 11) is 1.68. The van der Waals surface area contributed by atoms with E-state index in [1.165, 1.54) is 10.6 Å². The van der Waals surface area contributed by atoms with E-state index in [1.54, 1.807) is 7.05 Å². The molecule has 0 spiro atoms. The molecule has 0 atom stereocenters. The fraction of sp³-hybridized carbons (Fsp3) is 0.556. The number of carboxylic acid groups (broad SMARTS) is 1. The molecule has 2 rings (SSSR count). The normalized spacial score (nSPS) is 15.3. The zero-order valence-corrected chi connectivity index (χ0v) is 14.3. The van der Waals surface area contributed by atoms with Crippen LogP contribution in [0.1, 0.15) is 31.2 Å². The first-order chi connectivity index (χ1) is 11.5. The Morgan fingerprint density at radius 2 is 1.88 bits per heavy atom. The number of carboxylic acids is 1. The Balaban J connectivity index is 1.77. The lowest BCUT2D eigenvalue weighted by atomic mass is 9.92. The summed E-state index contributed by atoms with van der Waals surface area (Å²) >= 11 is 0. The van der Waals surface area contributed by atoms with E-state index in [0.717, 1.165) is 31.5 Å². The summed E-state index contributed by atoms with van der Waals surface area (Å²) in [6.45, 7) is 2.72. The van der Waals surface area contributed by atoms with Crippen molar-refractivity contribution >= 4 is 17.6 Å². The summed E-state index contributed by atoms with van der Waals surface area (Å²) in [6, 6.07) is 8.32. The fourth-order valence-electron chi connectivity index (χ4n) is 3.03. The van der Waals surface area contributed by atoms with E-state index in [-0.39, 0.29) is 18.9 Å². The van der Waals surface area contributed by atoms with Crippen LogP contribution < -0.4 is 10.6 Å². The van der Waals surface area contributed by atoms with Crippen LogP contribution in [0, 0.1) is 5.92 Å². The van der Waals surface area contributed by atoms with Gasteiger partial charge in [-0.3, -0.25) is 9.59 Å². The van der Waals surface area contributed by atoms with Crippen LogP contribution in [0.2, 0.25) is 0 Å². The highest BCUT2D eigenvalue weighted by atomic mass is 16.4. The summed E-state index contributed by atoms with van der Waals surface area (Å²) in [5.74, 6) is -0.449. The lowest BCUT2D eigenvalue weighted by molar-refractivity contribution is -0.138. The van der Waals surface area contributed by atoms with E-state index in [0.29, 0.717) is 18.9 Å². The molecule has 0 saturated carbocycles. The number of carbonyl (C=O) groups is 2. The van der Waals surface area contributed by atoms with Crippen molar-refractivity contribution in [2.45, 2.75) is 32.2 Å². The third kappa shape index (κ3) is 5.23. The number of anilines is 1. The monoisotopic (exact) mass is 333 g/mol. The first kappa shape index (κ1) is 18.3. The third-order valence-corrected chi connectivity index (χ3v) is 4.70. The second-order valence-electron chi connectivity index (χ2n) is 6.46. The molecule has 1 aliphatic rings. The van der Waals surface area contributed by atoms with Gasteiger partial charge >= 0.3 is 5.97 Å². The summed E-state index contributed by atoms with van der Waals surface area (Å²) in [5, 5.41) is 8.69. The summed E-state index contributed by atoms with van der Waals surface area (Å²) in [6.07, 6.45) is 2.48. The van der Waals surface area contributed by atoms with Crippen LogP contribution in [-0.4, -0.2) is 48.6 Å². The lowest BCUT2D eigenvalue weighted by Crippen LogP contribution is -2.36. The van der Waals surface area contributed by atoms with Gasteiger partial charge in [-0.25, -0.2) is 0 Å². The molecule has 1 amide bonds. The molecule has 0 aliphatic carbocycles. The number of hydrogen-bond acceptors (Lipinski definition) is 4. The number of benzene rings is 1. The number of carbonyl (C=O) groups excluding carboxylic acids is 1. The Hall–Kier alpha value is -2.08. The second-order valence-corrected chi connectivity index (χ2v) is 6.46. The van der Waals surface area contributed by atoms with Crippen molar-refractivity contribution in [1.82, 2.24) is 4.90 Å². The molecule has 0 bridgehead atoms. The topological polar surface area (TPSA) is 86.9 Å². The van der Waals surface area contributed by atoms with Crippen molar-refractivity contribution < 1.29 is 14.7 Å². The van der Waals surface area contributed by atoms with Gasteiger partial charge in [0.15, 0.2) is 0 Å². The van der Waals surface area contributed by atoms with E-state index in [9.17, 15) is 9.59 Å². The predicted molar refractivity (Wildman–Crippen MR) is 93.8 cm³/mol. The molecule has 3 N–H and O–H groups in total. The van der Waals surface area contributed by atoms with Gasteiger partial charge in [-0.2, -0.15) is 0 Å². The van der Waals surface area contributed by atoms with E-state index >= 15 is 0 Å². The highest BCUT2D eigenvalue weighted by molar-refractivity contribution is 5.77. The van der Waals surface area contributed by atoms with Gasteiger partial charge in [0.1, 0.15) is 0 Å². The fourth-order valence-corrected chi connectivity index (χ4v) is 3.03. The number of aliphatic carboxylic acids is 1. The minimum absolute atomic E-state index is 0.000516. The first-order valence-electron chi connectivity index (χ1n) is 8.49. The first-order valence-corrected chi connectivity index (χ1v) is 8.49. The molecule has 1 aliphatic heterocycles. The molecule has 0 aromatic heterocycles. The quantitative estimate of drug-likeness (QED) is 0.793. The highest BCUT2D eigenvalue weighted by Crippen LogP contribution is 2.25. The van der Waals surface area contributed by atoms with Crippen molar-refractivity contribution in [1.29, 1.82) is 0 Å². The average molecular weight is 333 g/mol. The molecular formula is C18H27N3O3. The van der Waals surface area contributed by atoms with Crippen molar-refractivity contribution in [2.24, 2.45) is 11.7 Å². The standard InChI is InChI=1S/C18H27N3O3/c1-20(9-8-18(23)24)17(22)12-14-6-10-21(11-7-14)16-4-2-15(13-19)3-5-16/h2-5,14H,6-13,19H2,1H3,(H,23,24). The van der Waals surface area contributed by atoms with E-state index in [2.05, 4.69) is 29.2 Å². The highest BCUT2D eigenvalue weighted by Gasteiger charge is 2.23. The minimum atomic E-state index is -0.872. The number of amides is 1. The number of nitrogens with two attached hydrogens (primary N) is 1. The van der Waals surface area contributed by atoms with Crippen LogP contribution in [0.15, 0.2) is 24.3 Å². The van der Waals surface area contributed by atoms with E-state index in [4.69, 9.17) is 10.8 Å². The molecule has 0 unspecified atom stereocenters. The molecule has 1 heterocycles. The summed E-state index contributed by atoms with van der Waals surface area (Å²) in [4.78, 5) is 26.6. The zero-order valence-electron chi connectivity index (χ0n) is 14.3. The molecule has 6 heteroatoms. The van der Waals surface area contributed by atoms with Crippen LogP contribution in [0.4, 0.5) is 5.69 Å². The Labute approximate surface area is 143 Å². The smallest absolute Gasteiger partial charge is 0.305 e. The van der Waals surface area contributed by atoms with Gasteiger partial charge in [0.25, 0.3) is 0 Å². The molecule has 1 aromatic rings. The van der Waals surface area contributed by atoms with Gasteiger partial charge in [0, 0.05) is 45.3 Å². The number of hydrogen-bond donors (Lipinski definition) is 2. The van der Waals surface area contributed by atoms with Gasteiger partial charge in [-0.05, 0) is 36.5 Å². The summed E-state index contributed by atoms with van der Waals surface area (Å²) in [5.41, 5.74) is 7.96. The lowest BCUT2D eigenvalue weighted by Gasteiger charge is -2.34. The molecule has 132 valence electrons. The largest absolute Gasteiger partial charge is 0.481 e. The van der Waals surface area contributed by atoms with Gasteiger partial charge < -0.3 is 20.6 Å². The average Bonchev–Trinajstić information content (AvgIpc) is 2.60. The molecule has 1 aromatic carbocycles. The molecule has 6 nitrogen and oxygen atoms in total. The van der Waals surface area contributed by atoms with Crippen LogP contribution in [-0.2, 0) is 16.1 Å². The molecule has 24 heavy (non-hydrogen) atoms. The van der Waals surface area contributed by atoms with Crippen molar-refractivity contribution in [3.63, 3.8) is 0 Å². The van der Waals surface area contributed by atoms with Crippen LogP contribution >= 0.6 is 0 Å². The maximum atomic E-state index is 12.2. The maximum absolute atomic E-state index is 12.2. The van der Waals surface area contributed by atoms with Gasteiger partial charge in [0.2, 0.25) is 5.91 Å². The predicted octanol–water partition coefficient (Wildman–Crippen LogP) is 1.68. The van der Waals surface area contributed by atoms with Gasteiger partial charge in [-0.15, -0.1) is 0 Å². The van der Waals surface area contributed by atoms with E-state index in [1.807, 2.05) is 0 Å². The summed E-state index contributed by atoms with van der Waals surface area (Å²) < 4.78 is 0. The maximum Gasteiger partial charge on any atom is 0.305 e. The molecular weight excluding hydrogens is 306 g/mol. The molecule has 1 fully saturated rings. The van der Waals surface area contributed by atoms with Crippen molar-refractivity contribution in [2.75, 3.05) is 31.6 Å². The number of nitrogens with zero attached hydrogens (tertiary/aromatic N) is 2. The van der Waals surface area contributed by atoms with Gasteiger partial charge in [-0.1, -0.05) is 12.1 Å². The van der Waals surface area contributed by atoms with Crippen molar-refractivity contribution in [3.8, 4) is 0 Å². The Morgan fingerprint density at radius 3 is 2.42 bits per heavy atom. The van der Waals surface area contributed by atoms with Crippen molar-refractivity contribution in [3.05, 3.63) is 29.8 Å². The Bertz CT molecular complexity index is 551. The van der Waals surface area contributed by atoms with E-state index < -0.39 is 5.97 Å². The third-order valence-electron chi connectivity index (χ3n) is 4.70. The Morgan fingerprint density at radius 1 is 1.25 bits per heavy atom. The number of piperidine rings is 1. The SMILES string of the molecule is CN(CCC(=O)O)C(=O)CC1CCN(c2ccc(CN)cc2)CC1. The van der Waals surface area contributed by atoms with Gasteiger partial charge in [0.05, 0.1) is 6.42 Å². The zero-order chi connectivity index (χ0) is 17.5. The number of rotatable bonds is 7. The van der Waals surface area contributed by atoms with Crippen LogP contribution in [0.25, 0.3) is 0 Å². The Kier molecular flexibility index (Phi) is 6.61. The van der Waals surface area contributed by atoms with Crippen LogP contribution in [0.5, 0.6) is 0 Å². The minimum Gasteiger partial charge on any atom is -0.481 e. The molecule has 0 radical (unpaired) electrons. The second kappa shape index (κ2) is 8.68. The molecule has 1 saturated heterocycles. The van der Waals surface area contributed by atoms with Crippen LogP contribution in [0.3, 0.4) is 0 Å².